The van der Waals surface area contributed by atoms with Crippen LogP contribution in [0.5, 0.6) is 0 Å². The van der Waals surface area contributed by atoms with Gasteiger partial charge < -0.3 is 9.84 Å². The maximum atomic E-state index is 11.1. The third-order valence-electron chi connectivity index (χ3n) is 2.39. The summed E-state index contributed by atoms with van der Waals surface area (Å²) >= 11 is 0. The lowest BCUT2D eigenvalue weighted by molar-refractivity contribution is -0.139. The Labute approximate surface area is 88.7 Å². The topological polar surface area (TPSA) is 64.3 Å². The Morgan fingerprint density at radius 1 is 1.53 bits per heavy atom. The van der Waals surface area contributed by atoms with E-state index < -0.39 is 0 Å². The molecule has 15 heavy (non-hydrogen) atoms. The number of aromatic nitrogens is 2. The zero-order valence-electron chi connectivity index (χ0n) is 9.28. The molecule has 0 saturated carbocycles. The van der Waals surface area contributed by atoms with Gasteiger partial charge in [0.05, 0.1) is 32.4 Å². The number of hydrogen-bond acceptors (Lipinski definition) is 4. The van der Waals surface area contributed by atoms with Crippen molar-refractivity contribution >= 4 is 5.97 Å². The van der Waals surface area contributed by atoms with E-state index in [1.807, 2.05) is 13.8 Å². The van der Waals surface area contributed by atoms with E-state index in [4.69, 9.17) is 5.11 Å². The van der Waals surface area contributed by atoms with Crippen LogP contribution in [0.1, 0.15) is 17.0 Å². The highest BCUT2D eigenvalue weighted by Gasteiger charge is 2.14. The van der Waals surface area contributed by atoms with Gasteiger partial charge in [0.25, 0.3) is 0 Å². The number of aryl methyl sites for hydroxylation is 1. The third kappa shape index (κ3) is 2.56. The van der Waals surface area contributed by atoms with Gasteiger partial charge in [0.1, 0.15) is 0 Å². The lowest BCUT2D eigenvalue weighted by Crippen LogP contribution is -2.08. The summed E-state index contributed by atoms with van der Waals surface area (Å²) in [6.45, 7) is 4.22. The summed E-state index contributed by atoms with van der Waals surface area (Å²) in [5, 5.41) is 13.1. The Hall–Kier alpha value is -1.36. The quantitative estimate of drug-likeness (QED) is 0.724. The van der Waals surface area contributed by atoms with E-state index >= 15 is 0 Å². The molecule has 0 fully saturated rings. The second-order valence-electron chi connectivity index (χ2n) is 3.35. The average Bonchev–Trinajstić information content (AvgIpc) is 2.46. The molecule has 1 rings (SSSR count). The fourth-order valence-electron chi connectivity index (χ4n) is 1.52. The smallest absolute Gasteiger partial charge is 0.310 e. The van der Waals surface area contributed by atoms with E-state index in [1.165, 1.54) is 7.11 Å². The molecular weight excluding hydrogens is 196 g/mol. The molecular formula is C10H16N2O3. The summed E-state index contributed by atoms with van der Waals surface area (Å²) in [6.07, 6.45) is 0.236. The molecule has 0 aliphatic rings. The number of nitrogens with zero attached hydrogens (tertiary/aromatic N) is 2. The number of methoxy groups -OCH3 is 1. The van der Waals surface area contributed by atoms with Crippen molar-refractivity contribution in [1.29, 1.82) is 0 Å². The highest BCUT2D eigenvalue weighted by molar-refractivity contribution is 5.73. The molecule has 1 aromatic heterocycles. The van der Waals surface area contributed by atoms with Crippen molar-refractivity contribution in [3.8, 4) is 0 Å². The second-order valence-corrected chi connectivity index (χ2v) is 3.35. The van der Waals surface area contributed by atoms with Crippen LogP contribution >= 0.6 is 0 Å². The normalized spacial score (nSPS) is 10.4. The molecule has 0 saturated heterocycles. The largest absolute Gasteiger partial charge is 0.469 e. The number of rotatable bonds is 4. The molecule has 0 amide bonds. The van der Waals surface area contributed by atoms with Crippen LogP contribution in [0.2, 0.25) is 0 Å². The lowest BCUT2D eigenvalue weighted by atomic mass is 10.1. The van der Waals surface area contributed by atoms with Gasteiger partial charge >= 0.3 is 5.97 Å². The predicted molar refractivity (Wildman–Crippen MR) is 54.5 cm³/mol. The standard InChI is InChI=1S/C10H16N2O3/c1-7-9(6-10(14)15-3)8(2)12(11-7)4-5-13/h13H,4-6H2,1-3H3. The first kappa shape index (κ1) is 11.7. The third-order valence-corrected chi connectivity index (χ3v) is 2.39. The van der Waals surface area contributed by atoms with Crippen molar-refractivity contribution in [2.45, 2.75) is 26.8 Å². The van der Waals surface area contributed by atoms with Crippen molar-refractivity contribution in [3.05, 3.63) is 17.0 Å². The van der Waals surface area contributed by atoms with Gasteiger partial charge in [-0.15, -0.1) is 0 Å². The van der Waals surface area contributed by atoms with E-state index in [1.54, 1.807) is 4.68 Å². The fourth-order valence-corrected chi connectivity index (χ4v) is 1.52. The Kier molecular flexibility index (Phi) is 3.85. The van der Waals surface area contributed by atoms with E-state index in [0.29, 0.717) is 6.54 Å². The minimum Gasteiger partial charge on any atom is -0.469 e. The molecule has 1 aromatic rings. The molecule has 0 unspecified atom stereocenters. The van der Waals surface area contributed by atoms with E-state index in [9.17, 15) is 4.79 Å². The summed E-state index contributed by atoms with van der Waals surface area (Å²) in [7, 11) is 1.37. The van der Waals surface area contributed by atoms with Crippen molar-refractivity contribution < 1.29 is 14.6 Å². The first-order valence-corrected chi connectivity index (χ1v) is 4.80. The summed E-state index contributed by atoms with van der Waals surface area (Å²) in [4.78, 5) is 11.1. The number of ether oxygens (including phenoxy) is 1. The number of esters is 1. The van der Waals surface area contributed by atoms with Crippen molar-refractivity contribution in [3.63, 3.8) is 0 Å². The van der Waals surface area contributed by atoms with Gasteiger partial charge in [-0.1, -0.05) is 0 Å². The molecule has 0 aliphatic carbocycles. The van der Waals surface area contributed by atoms with Gasteiger partial charge in [0.2, 0.25) is 0 Å². The highest BCUT2D eigenvalue weighted by atomic mass is 16.5. The lowest BCUT2D eigenvalue weighted by Gasteiger charge is -2.02. The van der Waals surface area contributed by atoms with Crippen LogP contribution in [0.25, 0.3) is 0 Å². The minimum atomic E-state index is -0.273. The van der Waals surface area contributed by atoms with Gasteiger partial charge in [0, 0.05) is 11.3 Å². The van der Waals surface area contributed by atoms with Crippen LogP contribution in [0, 0.1) is 13.8 Å². The molecule has 5 heteroatoms. The highest BCUT2D eigenvalue weighted by Crippen LogP contribution is 2.13. The van der Waals surface area contributed by atoms with Crippen LogP contribution in [-0.2, 0) is 22.5 Å². The first-order chi connectivity index (χ1) is 7.10. The molecule has 0 bridgehead atoms. The summed E-state index contributed by atoms with van der Waals surface area (Å²) < 4.78 is 6.31. The number of carbonyl (C=O) groups is 1. The van der Waals surface area contributed by atoms with E-state index in [2.05, 4.69) is 9.84 Å². The van der Waals surface area contributed by atoms with Gasteiger partial charge in [-0.05, 0) is 13.8 Å². The molecule has 0 spiro atoms. The predicted octanol–water partition coefficient (Wildman–Crippen LogP) is 0.208. The summed E-state index contributed by atoms with van der Waals surface area (Å²) in [5.41, 5.74) is 2.61. The molecule has 0 radical (unpaired) electrons. The van der Waals surface area contributed by atoms with Crippen molar-refractivity contribution in [2.75, 3.05) is 13.7 Å². The summed E-state index contributed by atoms with van der Waals surface area (Å²) in [6, 6.07) is 0. The molecule has 84 valence electrons. The first-order valence-electron chi connectivity index (χ1n) is 4.80. The Bertz CT molecular complexity index is 358. The maximum absolute atomic E-state index is 11.1. The molecule has 0 aliphatic heterocycles. The molecule has 1 heterocycles. The zero-order valence-corrected chi connectivity index (χ0v) is 9.28. The van der Waals surface area contributed by atoms with E-state index in [0.717, 1.165) is 17.0 Å². The number of aliphatic hydroxyl groups excluding tert-OH is 1. The Morgan fingerprint density at radius 2 is 2.20 bits per heavy atom. The zero-order chi connectivity index (χ0) is 11.4. The molecule has 1 N–H and O–H groups in total. The van der Waals surface area contributed by atoms with Crippen molar-refractivity contribution in [2.24, 2.45) is 0 Å². The maximum Gasteiger partial charge on any atom is 0.310 e. The minimum absolute atomic E-state index is 0.0413. The van der Waals surface area contributed by atoms with Crippen molar-refractivity contribution in [1.82, 2.24) is 9.78 Å². The van der Waals surface area contributed by atoms with Crippen LogP contribution in [0.4, 0.5) is 0 Å². The molecule has 0 aromatic carbocycles. The van der Waals surface area contributed by atoms with Gasteiger partial charge in [0.15, 0.2) is 0 Å². The van der Waals surface area contributed by atoms with Gasteiger partial charge in [-0.25, -0.2) is 0 Å². The van der Waals surface area contributed by atoms with Gasteiger partial charge in [-0.3, -0.25) is 9.48 Å². The molecule has 5 nitrogen and oxygen atoms in total. The summed E-state index contributed by atoms with van der Waals surface area (Å²) in [5.74, 6) is -0.273. The van der Waals surface area contributed by atoms with E-state index in [-0.39, 0.29) is 19.0 Å². The fraction of sp³-hybridized carbons (Fsp3) is 0.600. The van der Waals surface area contributed by atoms with Crippen LogP contribution in [0.3, 0.4) is 0 Å². The number of aliphatic hydroxyl groups is 1. The van der Waals surface area contributed by atoms with Gasteiger partial charge in [-0.2, -0.15) is 5.10 Å². The Morgan fingerprint density at radius 3 is 2.73 bits per heavy atom. The Balaban J connectivity index is 2.92. The van der Waals surface area contributed by atoms with Crippen LogP contribution < -0.4 is 0 Å². The molecule has 0 atom stereocenters. The second kappa shape index (κ2) is 4.93. The SMILES string of the molecule is COC(=O)Cc1c(C)nn(CCO)c1C. The number of carbonyl (C=O) groups excluding carboxylic acids is 1. The van der Waals surface area contributed by atoms with Crippen LogP contribution in [0.15, 0.2) is 0 Å². The average molecular weight is 212 g/mol. The monoisotopic (exact) mass is 212 g/mol. The van der Waals surface area contributed by atoms with Crippen LogP contribution in [-0.4, -0.2) is 34.6 Å². The number of hydrogen-bond donors (Lipinski definition) is 1.